The molecule has 3 fully saturated rings. The van der Waals surface area contributed by atoms with Gasteiger partial charge in [0.25, 0.3) is 5.91 Å². The molecule has 1 amide bonds. The van der Waals surface area contributed by atoms with E-state index < -0.39 is 5.82 Å². The normalized spacial score (nSPS) is 30.4. The van der Waals surface area contributed by atoms with Gasteiger partial charge in [-0.1, -0.05) is 18.6 Å². The average molecular weight is 318 g/mol. The number of halogens is 1. The topological polar surface area (TPSA) is 50.4 Å². The largest absolute Gasteiger partial charge is 0.377 e. The van der Waals surface area contributed by atoms with Crippen molar-refractivity contribution in [2.45, 2.75) is 37.8 Å². The zero-order valence-electron chi connectivity index (χ0n) is 13.2. The van der Waals surface area contributed by atoms with Gasteiger partial charge in [0.1, 0.15) is 5.82 Å². The van der Waals surface area contributed by atoms with E-state index in [1.54, 1.807) is 12.1 Å². The van der Waals surface area contributed by atoms with Gasteiger partial charge in [-0.15, -0.1) is 0 Å². The fourth-order valence-corrected chi connectivity index (χ4v) is 4.70. The predicted octanol–water partition coefficient (Wildman–Crippen LogP) is 2.10. The van der Waals surface area contributed by atoms with Crippen LogP contribution in [0.4, 0.5) is 4.39 Å². The van der Waals surface area contributed by atoms with Crippen LogP contribution < -0.4 is 10.6 Å². The molecule has 0 radical (unpaired) electrons. The van der Waals surface area contributed by atoms with Crippen molar-refractivity contribution in [3.05, 3.63) is 35.6 Å². The van der Waals surface area contributed by atoms with Crippen molar-refractivity contribution in [1.29, 1.82) is 0 Å². The van der Waals surface area contributed by atoms with Crippen LogP contribution >= 0.6 is 0 Å². The first kappa shape index (κ1) is 15.1. The third-order valence-electron chi connectivity index (χ3n) is 5.93. The summed E-state index contributed by atoms with van der Waals surface area (Å²) in [6.07, 6.45) is 5.42. The van der Waals surface area contributed by atoms with Crippen LogP contribution in [0.25, 0.3) is 0 Å². The molecule has 1 heterocycles. The standard InChI is InChI=1S/C18H23FN2O2/c19-14-5-2-1-4-12(14)17(22)21-10-9-20-15-13-6-11-23-16(13)18(15)7-3-8-18/h1-2,4-5,13,15-16,20H,3,6-11H2,(H,21,22)/t13-,15-,16-/m0/s1. The molecule has 124 valence electrons. The van der Waals surface area contributed by atoms with Crippen LogP contribution in [0.2, 0.25) is 0 Å². The van der Waals surface area contributed by atoms with Gasteiger partial charge < -0.3 is 15.4 Å². The first-order valence-corrected chi connectivity index (χ1v) is 8.60. The highest BCUT2D eigenvalue weighted by Crippen LogP contribution is 2.62. The summed E-state index contributed by atoms with van der Waals surface area (Å²) in [4.78, 5) is 12.0. The molecule has 2 aliphatic carbocycles. The molecule has 1 saturated heterocycles. The molecule has 2 N–H and O–H groups in total. The van der Waals surface area contributed by atoms with Crippen molar-refractivity contribution in [2.24, 2.45) is 11.3 Å². The Morgan fingerprint density at radius 3 is 2.87 bits per heavy atom. The minimum atomic E-state index is -0.476. The Kier molecular flexibility index (Phi) is 3.85. The van der Waals surface area contributed by atoms with Crippen LogP contribution in [0, 0.1) is 17.2 Å². The fourth-order valence-electron chi connectivity index (χ4n) is 4.70. The second-order valence-corrected chi connectivity index (χ2v) is 7.00. The summed E-state index contributed by atoms with van der Waals surface area (Å²) in [6, 6.07) is 6.60. The van der Waals surface area contributed by atoms with Crippen molar-refractivity contribution in [3.63, 3.8) is 0 Å². The van der Waals surface area contributed by atoms with E-state index in [0.29, 0.717) is 30.0 Å². The molecule has 4 nitrogen and oxygen atoms in total. The molecule has 3 aliphatic rings. The molecule has 5 heteroatoms. The maximum absolute atomic E-state index is 13.6. The quantitative estimate of drug-likeness (QED) is 0.818. The lowest BCUT2D eigenvalue weighted by molar-refractivity contribution is -0.175. The third-order valence-corrected chi connectivity index (χ3v) is 5.93. The van der Waals surface area contributed by atoms with Crippen LogP contribution in [0.3, 0.4) is 0 Å². The molecule has 0 bridgehead atoms. The smallest absolute Gasteiger partial charge is 0.254 e. The summed E-state index contributed by atoms with van der Waals surface area (Å²) < 4.78 is 19.5. The van der Waals surface area contributed by atoms with Gasteiger partial charge in [0.05, 0.1) is 11.7 Å². The second kappa shape index (κ2) is 5.87. The lowest BCUT2D eigenvalue weighted by Crippen LogP contribution is -2.71. The van der Waals surface area contributed by atoms with Crippen LogP contribution in [-0.2, 0) is 4.74 Å². The zero-order chi connectivity index (χ0) is 15.9. The number of hydrogen-bond acceptors (Lipinski definition) is 3. The Bertz CT molecular complexity index is 602. The molecule has 23 heavy (non-hydrogen) atoms. The molecular weight excluding hydrogens is 295 g/mol. The van der Waals surface area contributed by atoms with Gasteiger partial charge in [-0.3, -0.25) is 4.79 Å². The minimum Gasteiger partial charge on any atom is -0.377 e. The Balaban J connectivity index is 1.26. The summed E-state index contributed by atoms with van der Waals surface area (Å²) >= 11 is 0. The predicted molar refractivity (Wildman–Crippen MR) is 84.7 cm³/mol. The van der Waals surface area contributed by atoms with Gasteiger partial charge >= 0.3 is 0 Å². The van der Waals surface area contributed by atoms with Gasteiger partial charge in [-0.05, 0) is 31.4 Å². The summed E-state index contributed by atoms with van der Waals surface area (Å²) in [6.45, 7) is 2.12. The molecule has 2 saturated carbocycles. The van der Waals surface area contributed by atoms with E-state index in [0.717, 1.165) is 19.6 Å². The molecule has 1 aliphatic heterocycles. The summed E-state index contributed by atoms with van der Waals surface area (Å²) in [5.41, 5.74) is 0.465. The van der Waals surface area contributed by atoms with Crippen molar-refractivity contribution in [3.8, 4) is 0 Å². The number of benzene rings is 1. The van der Waals surface area contributed by atoms with E-state index in [9.17, 15) is 9.18 Å². The monoisotopic (exact) mass is 318 g/mol. The molecule has 0 unspecified atom stereocenters. The van der Waals surface area contributed by atoms with Crippen molar-refractivity contribution >= 4 is 5.91 Å². The summed E-state index contributed by atoms with van der Waals surface area (Å²) in [5.74, 6) is -0.187. The number of carbonyl (C=O) groups excluding carboxylic acids is 1. The molecule has 1 aromatic rings. The van der Waals surface area contributed by atoms with Crippen LogP contribution in [0.1, 0.15) is 36.0 Å². The lowest BCUT2D eigenvalue weighted by atomic mass is 9.46. The number of carbonyl (C=O) groups is 1. The van der Waals surface area contributed by atoms with E-state index in [4.69, 9.17) is 4.74 Å². The summed E-state index contributed by atoms with van der Waals surface area (Å²) in [5, 5.41) is 6.41. The van der Waals surface area contributed by atoms with Crippen LogP contribution in [0.5, 0.6) is 0 Å². The second-order valence-electron chi connectivity index (χ2n) is 7.00. The molecule has 0 aromatic heterocycles. The Hall–Kier alpha value is -1.46. The van der Waals surface area contributed by atoms with Gasteiger partial charge in [0.2, 0.25) is 0 Å². The highest BCUT2D eigenvalue weighted by Gasteiger charge is 2.66. The molecule has 4 rings (SSSR count). The molecular formula is C18H23FN2O2. The van der Waals surface area contributed by atoms with E-state index in [2.05, 4.69) is 10.6 Å². The number of rotatable bonds is 5. The number of fused-ring (bicyclic) bond motifs is 2. The van der Waals surface area contributed by atoms with E-state index in [1.165, 1.54) is 31.4 Å². The first-order chi connectivity index (χ1) is 11.2. The van der Waals surface area contributed by atoms with Crippen molar-refractivity contribution in [2.75, 3.05) is 19.7 Å². The average Bonchev–Trinajstić information content (AvgIpc) is 2.91. The van der Waals surface area contributed by atoms with Crippen LogP contribution in [0.15, 0.2) is 24.3 Å². The molecule has 1 aromatic carbocycles. The van der Waals surface area contributed by atoms with E-state index >= 15 is 0 Å². The van der Waals surface area contributed by atoms with Gasteiger partial charge in [0, 0.05) is 37.1 Å². The Morgan fingerprint density at radius 2 is 2.13 bits per heavy atom. The van der Waals surface area contributed by atoms with Gasteiger partial charge in [-0.25, -0.2) is 4.39 Å². The number of hydrogen-bond donors (Lipinski definition) is 2. The maximum Gasteiger partial charge on any atom is 0.254 e. The van der Waals surface area contributed by atoms with Crippen molar-refractivity contribution < 1.29 is 13.9 Å². The highest BCUT2D eigenvalue weighted by molar-refractivity contribution is 5.94. The number of amides is 1. The first-order valence-electron chi connectivity index (χ1n) is 8.60. The molecule has 1 spiro atoms. The Labute approximate surface area is 135 Å². The SMILES string of the molecule is O=C(NCCN[C@H]1[C@@H]2CCO[C@@H]2C12CCC2)c1ccccc1F. The highest BCUT2D eigenvalue weighted by atomic mass is 19.1. The number of nitrogens with one attached hydrogen (secondary N) is 2. The Morgan fingerprint density at radius 1 is 1.30 bits per heavy atom. The van der Waals surface area contributed by atoms with E-state index in [1.807, 2.05) is 0 Å². The van der Waals surface area contributed by atoms with Gasteiger partial charge in [0.15, 0.2) is 0 Å². The number of ether oxygens (including phenoxy) is 1. The minimum absolute atomic E-state index is 0.107. The van der Waals surface area contributed by atoms with Crippen molar-refractivity contribution in [1.82, 2.24) is 10.6 Å². The molecule has 3 atom stereocenters. The lowest BCUT2D eigenvalue weighted by Gasteiger charge is -2.63. The summed E-state index contributed by atoms with van der Waals surface area (Å²) in [7, 11) is 0. The van der Waals surface area contributed by atoms with Crippen LogP contribution in [-0.4, -0.2) is 37.7 Å². The fraction of sp³-hybridized carbons (Fsp3) is 0.611. The van der Waals surface area contributed by atoms with Gasteiger partial charge in [-0.2, -0.15) is 0 Å². The zero-order valence-corrected chi connectivity index (χ0v) is 13.2. The maximum atomic E-state index is 13.6. The third kappa shape index (κ3) is 2.37. The van der Waals surface area contributed by atoms with E-state index in [-0.39, 0.29) is 11.5 Å².